The SMILES string of the molecule is Cc1cc(/C=C/C(=O)O[C@H](C(=O)N(C)C)c2ccccc2)c(C)n1C1CC1. The number of rotatable bonds is 6. The summed E-state index contributed by atoms with van der Waals surface area (Å²) in [5, 5.41) is 0. The average molecular weight is 366 g/mol. The van der Waals surface area contributed by atoms with Crippen LogP contribution in [-0.4, -0.2) is 35.4 Å². The number of likely N-dealkylation sites (N-methyl/N-ethyl adjacent to an activating group) is 1. The van der Waals surface area contributed by atoms with Gasteiger partial charge >= 0.3 is 5.97 Å². The Hall–Kier alpha value is -2.82. The zero-order valence-corrected chi connectivity index (χ0v) is 16.3. The third kappa shape index (κ3) is 4.30. The molecular weight excluding hydrogens is 340 g/mol. The second-order valence-electron chi connectivity index (χ2n) is 7.22. The predicted octanol–water partition coefficient (Wildman–Crippen LogP) is 3.83. The number of aryl methyl sites for hydroxylation is 1. The molecule has 0 aliphatic heterocycles. The van der Waals surface area contributed by atoms with E-state index >= 15 is 0 Å². The molecule has 5 nitrogen and oxygen atoms in total. The minimum absolute atomic E-state index is 0.269. The lowest BCUT2D eigenvalue weighted by atomic mass is 10.1. The van der Waals surface area contributed by atoms with Crippen molar-refractivity contribution in [1.82, 2.24) is 9.47 Å². The van der Waals surface area contributed by atoms with Gasteiger partial charge in [0.05, 0.1) is 0 Å². The summed E-state index contributed by atoms with van der Waals surface area (Å²) in [6.07, 6.45) is 4.65. The first-order valence-electron chi connectivity index (χ1n) is 9.21. The molecule has 1 aromatic carbocycles. The highest BCUT2D eigenvalue weighted by Crippen LogP contribution is 2.38. The molecule has 1 atom stereocenters. The number of esters is 1. The molecule has 142 valence electrons. The molecule has 1 aliphatic carbocycles. The van der Waals surface area contributed by atoms with Crippen LogP contribution in [0.25, 0.3) is 6.08 Å². The number of carbonyl (C=O) groups excluding carboxylic acids is 2. The van der Waals surface area contributed by atoms with Crippen LogP contribution < -0.4 is 0 Å². The van der Waals surface area contributed by atoms with E-state index in [2.05, 4.69) is 24.5 Å². The van der Waals surface area contributed by atoms with E-state index in [1.54, 1.807) is 32.3 Å². The summed E-state index contributed by atoms with van der Waals surface area (Å²) in [5.74, 6) is -0.801. The van der Waals surface area contributed by atoms with E-state index in [4.69, 9.17) is 4.74 Å². The Bertz CT molecular complexity index is 861. The van der Waals surface area contributed by atoms with Crippen molar-refractivity contribution in [1.29, 1.82) is 0 Å². The lowest BCUT2D eigenvalue weighted by Crippen LogP contribution is -2.30. The van der Waals surface area contributed by atoms with Crippen LogP contribution >= 0.6 is 0 Å². The first-order valence-corrected chi connectivity index (χ1v) is 9.21. The van der Waals surface area contributed by atoms with Crippen LogP contribution in [0.5, 0.6) is 0 Å². The summed E-state index contributed by atoms with van der Waals surface area (Å²) in [6.45, 7) is 4.15. The first-order chi connectivity index (χ1) is 12.9. The fraction of sp³-hybridized carbons (Fsp3) is 0.364. The Morgan fingerprint density at radius 2 is 1.85 bits per heavy atom. The van der Waals surface area contributed by atoms with Gasteiger partial charge in [0.2, 0.25) is 6.10 Å². The lowest BCUT2D eigenvalue weighted by Gasteiger charge is -2.20. The molecule has 1 heterocycles. The molecule has 0 saturated heterocycles. The van der Waals surface area contributed by atoms with Crippen molar-refractivity contribution in [2.45, 2.75) is 38.8 Å². The normalized spacial score (nSPS) is 15.0. The minimum atomic E-state index is -0.947. The topological polar surface area (TPSA) is 51.5 Å². The summed E-state index contributed by atoms with van der Waals surface area (Å²) < 4.78 is 7.82. The van der Waals surface area contributed by atoms with Crippen molar-refractivity contribution >= 4 is 18.0 Å². The number of hydrogen-bond donors (Lipinski definition) is 0. The molecule has 1 saturated carbocycles. The molecule has 0 unspecified atom stereocenters. The second-order valence-corrected chi connectivity index (χ2v) is 7.22. The van der Waals surface area contributed by atoms with Crippen LogP contribution in [0.15, 0.2) is 42.5 Å². The summed E-state index contributed by atoms with van der Waals surface area (Å²) in [7, 11) is 3.30. The van der Waals surface area contributed by atoms with Crippen LogP contribution in [0.3, 0.4) is 0 Å². The van der Waals surface area contributed by atoms with Crippen molar-refractivity contribution in [2.75, 3.05) is 14.1 Å². The van der Waals surface area contributed by atoms with Gasteiger partial charge in [0, 0.05) is 43.2 Å². The van der Waals surface area contributed by atoms with E-state index in [0.29, 0.717) is 11.6 Å². The van der Waals surface area contributed by atoms with Gasteiger partial charge in [0.15, 0.2) is 0 Å². The maximum Gasteiger partial charge on any atom is 0.331 e. The van der Waals surface area contributed by atoms with Crippen molar-refractivity contribution in [2.24, 2.45) is 0 Å². The largest absolute Gasteiger partial charge is 0.444 e. The van der Waals surface area contributed by atoms with Gasteiger partial charge in [-0.2, -0.15) is 0 Å². The quantitative estimate of drug-likeness (QED) is 0.577. The molecule has 2 aromatic rings. The van der Waals surface area contributed by atoms with E-state index in [-0.39, 0.29) is 5.91 Å². The van der Waals surface area contributed by atoms with Crippen molar-refractivity contribution in [3.8, 4) is 0 Å². The fourth-order valence-corrected chi connectivity index (χ4v) is 3.30. The number of amides is 1. The lowest BCUT2D eigenvalue weighted by molar-refractivity contribution is -0.155. The van der Waals surface area contributed by atoms with Gasteiger partial charge in [-0.15, -0.1) is 0 Å². The van der Waals surface area contributed by atoms with E-state index in [1.807, 2.05) is 18.2 Å². The van der Waals surface area contributed by atoms with Crippen LogP contribution in [0.4, 0.5) is 0 Å². The number of carbonyl (C=O) groups is 2. The van der Waals surface area contributed by atoms with E-state index < -0.39 is 12.1 Å². The van der Waals surface area contributed by atoms with Crippen LogP contribution in [0.1, 0.15) is 47.5 Å². The van der Waals surface area contributed by atoms with Gasteiger partial charge < -0.3 is 14.2 Å². The Balaban J connectivity index is 1.75. The number of hydrogen-bond acceptors (Lipinski definition) is 3. The van der Waals surface area contributed by atoms with Crippen LogP contribution in [0.2, 0.25) is 0 Å². The standard InChI is InChI=1S/C22H26N2O3/c1-15-14-18(16(2)24(15)19-11-12-19)10-13-20(25)27-21(22(26)23(3)4)17-8-6-5-7-9-17/h5-10,13-14,19,21H,11-12H2,1-4H3/b13-10+/t21-/m0/s1. The highest BCUT2D eigenvalue weighted by Gasteiger charge is 2.27. The van der Waals surface area contributed by atoms with Gasteiger partial charge in [0.25, 0.3) is 5.91 Å². The molecule has 1 aliphatic rings. The summed E-state index contributed by atoms with van der Waals surface area (Å²) in [4.78, 5) is 26.3. The molecule has 0 N–H and O–H groups in total. The molecular formula is C22H26N2O3. The van der Waals surface area contributed by atoms with Gasteiger partial charge in [-0.3, -0.25) is 4.79 Å². The van der Waals surface area contributed by atoms with Crippen molar-refractivity contribution in [3.05, 3.63) is 65.0 Å². The van der Waals surface area contributed by atoms with E-state index in [0.717, 1.165) is 11.3 Å². The highest BCUT2D eigenvalue weighted by atomic mass is 16.5. The summed E-state index contributed by atoms with van der Waals surface area (Å²) >= 11 is 0. The molecule has 0 bridgehead atoms. The molecule has 5 heteroatoms. The maximum absolute atomic E-state index is 12.5. The third-order valence-electron chi connectivity index (χ3n) is 4.84. The second kappa shape index (κ2) is 7.82. The van der Waals surface area contributed by atoms with Crippen molar-refractivity contribution < 1.29 is 14.3 Å². The van der Waals surface area contributed by atoms with E-state index in [1.165, 1.54) is 29.5 Å². The zero-order valence-electron chi connectivity index (χ0n) is 16.3. The third-order valence-corrected chi connectivity index (χ3v) is 4.84. The van der Waals surface area contributed by atoms with Gasteiger partial charge in [-0.1, -0.05) is 30.3 Å². The number of ether oxygens (including phenoxy) is 1. The summed E-state index contributed by atoms with van der Waals surface area (Å²) in [5.41, 5.74) is 4.02. The smallest absolute Gasteiger partial charge is 0.331 e. The van der Waals surface area contributed by atoms with Gasteiger partial charge in [-0.05, 0) is 44.4 Å². The Labute approximate surface area is 160 Å². The molecule has 1 fully saturated rings. The molecule has 0 radical (unpaired) electrons. The zero-order chi connectivity index (χ0) is 19.6. The van der Waals surface area contributed by atoms with Crippen LogP contribution in [0, 0.1) is 13.8 Å². The monoisotopic (exact) mass is 366 g/mol. The molecule has 3 rings (SSSR count). The molecule has 1 aromatic heterocycles. The summed E-state index contributed by atoms with van der Waals surface area (Å²) in [6, 6.07) is 11.7. The first kappa shape index (κ1) is 19.0. The maximum atomic E-state index is 12.5. The minimum Gasteiger partial charge on any atom is -0.444 e. The van der Waals surface area contributed by atoms with Gasteiger partial charge in [0.1, 0.15) is 0 Å². The number of benzene rings is 1. The molecule has 27 heavy (non-hydrogen) atoms. The van der Waals surface area contributed by atoms with E-state index in [9.17, 15) is 9.59 Å². The Kier molecular flexibility index (Phi) is 5.49. The fourth-order valence-electron chi connectivity index (χ4n) is 3.30. The Morgan fingerprint density at radius 3 is 2.44 bits per heavy atom. The predicted molar refractivity (Wildman–Crippen MR) is 105 cm³/mol. The number of aromatic nitrogens is 1. The Morgan fingerprint density at radius 1 is 1.19 bits per heavy atom. The molecule has 0 spiro atoms. The van der Waals surface area contributed by atoms with Gasteiger partial charge in [-0.25, -0.2) is 4.79 Å². The number of nitrogens with zero attached hydrogens (tertiary/aromatic N) is 2. The van der Waals surface area contributed by atoms with Crippen molar-refractivity contribution in [3.63, 3.8) is 0 Å². The molecule has 1 amide bonds. The van der Waals surface area contributed by atoms with Crippen LogP contribution in [-0.2, 0) is 14.3 Å². The highest BCUT2D eigenvalue weighted by molar-refractivity contribution is 5.91. The average Bonchev–Trinajstić information content (AvgIpc) is 3.43.